The minimum atomic E-state index is -0.461. The van der Waals surface area contributed by atoms with Crippen LogP contribution in [0.2, 0.25) is 0 Å². The van der Waals surface area contributed by atoms with Crippen LogP contribution in [-0.4, -0.2) is 49.1 Å². The van der Waals surface area contributed by atoms with Crippen LogP contribution < -0.4 is 0 Å². The van der Waals surface area contributed by atoms with E-state index in [9.17, 15) is 9.59 Å². The Bertz CT molecular complexity index is 952. The van der Waals surface area contributed by atoms with E-state index in [0.29, 0.717) is 36.4 Å². The molecule has 0 saturated carbocycles. The number of hydrogen-bond acceptors (Lipinski definition) is 5. The van der Waals surface area contributed by atoms with E-state index in [1.807, 2.05) is 35.2 Å². The first kappa shape index (κ1) is 18.5. The second-order valence-electron chi connectivity index (χ2n) is 6.22. The minimum absolute atomic E-state index is 0.299. The smallest absolute Gasteiger partial charge is 0.339 e. The summed E-state index contributed by atoms with van der Waals surface area (Å²) in [5, 5.41) is 1.04. The molecule has 0 spiro atoms. The molecule has 1 aliphatic rings. The van der Waals surface area contributed by atoms with Crippen molar-refractivity contribution in [2.45, 2.75) is 6.42 Å². The lowest BCUT2D eigenvalue weighted by atomic mass is 10.0. The molecule has 0 radical (unpaired) electrons. The van der Waals surface area contributed by atoms with Gasteiger partial charge in [-0.3, -0.25) is 0 Å². The highest BCUT2D eigenvalue weighted by Crippen LogP contribution is 2.28. The molecule has 6 heteroatoms. The predicted octanol–water partition coefficient (Wildman–Crippen LogP) is 2.83. The van der Waals surface area contributed by atoms with Gasteiger partial charge in [-0.25, -0.2) is 9.59 Å². The summed E-state index contributed by atoms with van der Waals surface area (Å²) in [7, 11) is 2.71. The molecule has 2 aromatic rings. The molecule has 2 heterocycles. The molecule has 140 valence electrons. The molecule has 0 atom stereocenters. The number of aromatic nitrogens is 1. The lowest BCUT2D eigenvalue weighted by Crippen LogP contribution is -2.25. The van der Waals surface area contributed by atoms with Crippen LogP contribution in [0.5, 0.6) is 0 Å². The van der Waals surface area contributed by atoms with Gasteiger partial charge in [0, 0.05) is 30.2 Å². The molecule has 0 fully saturated rings. The first-order chi connectivity index (χ1) is 13.0. The Labute approximate surface area is 157 Å². The molecule has 0 saturated heterocycles. The maximum absolute atomic E-state index is 12.0. The Morgan fingerprint density at radius 3 is 2.74 bits per heavy atom. The minimum Gasteiger partial charge on any atom is -0.465 e. The van der Waals surface area contributed by atoms with Gasteiger partial charge in [0.15, 0.2) is 0 Å². The number of benzene rings is 1. The summed E-state index contributed by atoms with van der Waals surface area (Å²) in [6.45, 7) is 5.27. The number of rotatable bonds is 6. The zero-order valence-electron chi connectivity index (χ0n) is 15.5. The highest BCUT2D eigenvalue weighted by molar-refractivity contribution is 6.16. The maximum Gasteiger partial charge on any atom is 0.339 e. The van der Waals surface area contributed by atoms with Crippen molar-refractivity contribution in [3.8, 4) is 0 Å². The Morgan fingerprint density at radius 2 is 2.00 bits per heavy atom. The number of carbonyl (C=O) groups excluding carboxylic acids is 2. The van der Waals surface area contributed by atoms with Gasteiger partial charge in [-0.2, -0.15) is 0 Å². The van der Waals surface area contributed by atoms with Gasteiger partial charge in [0.25, 0.3) is 0 Å². The maximum atomic E-state index is 12.0. The molecule has 1 aromatic heterocycles. The molecule has 1 aromatic carbocycles. The molecule has 1 aliphatic heterocycles. The summed E-state index contributed by atoms with van der Waals surface area (Å²) in [6, 6.07) is 7.88. The van der Waals surface area contributed by atoms with Crippen LogP contribution in [0.25, 0.3) is 16.5 Å². The number of carbonyl (C=O) groups is 2. The molecule has 0 bridgehead atoms. The van der Waals surface area contributed by atoms with Crippen LogP contribution in [0, 0.1) is 0 Å². The molecule has 6 nitrogen and oxygen atoms in total. The van der Waals surface area contributed by atoms with Crippen LogP contribution in [-0.2, 0) is 25.5 Å². The summed E-state index contributed by atoms with van der Waals surface area (Å²) < 4.78 is 9.61. The third kappa shape index (κ3) is 3.79. The Kier molecular flexibility index (Phi) is 5.45. The first-order valence-corrected chi connectivity index (χ1v) is 8.63. The third-order valence-corrected chi connectivity index (χ3v) is 4.58. The molecule has 0 unspecified atom stereocenters. The van der Waals surface area contributed by atoms with Gasteiger partial charge in [0.2, 0.25) is 0 Å². The highest BCUT2D eigenvalue weighted by Gasteiger charge is 2.20. The zero-order chi connectivity index (χ0) is 19.4. The van der Waals surface area contributed by atoms with Gasteiger partial charge in [0.1, 0.15) is 0 Å². The number of aromatic amines is 1. The number of nitrogens with one attached hydrogen (secondary N) is 1. The van der Waals surface area contributed by atoms with Crippen LogP contribution in [0.3, 0.4) is 0 Å². The van der Waals surface area contributed by atoms with E-state index in [1.165, 1.54) is 14.2 Å². The number of methoxy groups -OCH3 is 2. The Balaban J connectivity index is 1.87. The van der Waals surface area contributed by atoms with E-state index in [2.05, 4.69) is 11.6 Å². The molecular weight excluding hydrogens is 344 g/mol. The molecule has 27 heavy (non-hydrogen) atoms. The summed E-state index contributed by atoms with van der Waals surface area (Å²) in [5.41, 5.74) is 3.45. The van der Waals surface area contributed by atoms with E-state index < -0.39 is 5.97 Å². The average Bonchev–Trinajstić information content (AvgIpc) is 3.09. The largest absolute Gasteiger partial charge is 0.465 e. The van der Waals surface area contributed by atoms with Crippen molar-refractivity contribution in [2.24, 2.45) is 0 Å². The molecular formula is C21H22N2O4. The van der Waals surface area contributed by atoms with Gasteiger partial charge in [-0.15, -0.1) is 0 Å². The van der Waals surface area contributed by atoms with Gasteiger partial charge in [-0.05, 0) is 24.1 Å². The predicted molar refractivity (Wildman–Crippen MR) is 104 cm³/mol. The van der Waals surface area contributed by atoms with Gasteiger partial charge in [-0.1, -0.05) is 30.9 Å². The Morgan fingerprint density at radius 1 is 1.22 bits per heavy atom. The van der Waals surface area contributed by atoms with Crippen LogP contribution in [0.4, 0.5) is 0 Å². The topological polar surface area (TPSA) is 71.6 Å². The van der Waals surface area contributed by atoms with Crippen molar-refractivity contribution < 1.29 is 19.1 Å². The number of para-hydroxylation sites is 1. The summed E-state index contributed by atoms with van der Waals surface area (Å²) in [6.07, 6.45) is 6.16. The molecule has 1 N–H and O–H groups in total. The zero-order valence-corrected chi connectivity index (χ0v) is 15.5. The number of hydrogen-bond donors (Lipinski definition) is 1. The van der Waals surface area contributed by atoms with Crippen molar-refractivity contribution in [2.75, 3.05) is 27.3 Å². The van der Waals surface area contributed by atoms with Gasteiger partial charge >= 0.3 is 11.9 Å². The van der Waals surface area contributed by atoms with Crippen molar-refractivity contribution in [3.63, 3.8) is 0 Å². The standard InChI is InChI=1S/C21H22N2O4/c1-14(20(24)26-2)19-17(16-8-4-5-9-18(16)22-19)10-12-23-11-6-7-15(13-23)21(25)27-3/h4-9,13,22H,1,10-12H2,2-3H3. The fraction of sp³-hybridized carbons (Fsp3) is 0.238. The monoisotopic (exact) mass is 366 g/mol. The number of H-pyrrole nitrogens is 1. The SMILES string of the molecule is C=C(C(=O)OC)c1[nH]c2ccccc2c1CCN1C=C(C(=O)OC)C=CC1. The quantitative estimate of drug-likeness (QED) is 0.629. The molecule has 3 rings (SSSR count). The van der Waals surface area contributed by atoms with Gasteiger partial charge in [0.05, 0.1) is 31.1 Å². The number of ether oxygens (including phenoxy) is 2. The molecule has 0 aliphatic carbocycles. The average molecular weight is 366 g/mol. The van der Waals surface area contributed by atoms with Crippen molar-refractivity contribution in [1.82, 2.24) is 9.88 Å². The summed E-state index contributed by atoms with van der Waals surface area (Å²) >= 11 is 0. The summed E-state index contributed by atoms with van der Waals surface area (Å²) in [4.78, 5) is 29.0. The third-order valence-electron chi connectivity index (χ3n) is 4.58. The van der Waals surface area contributed by atoms with Crippen molar-refractivity contribution >= 4 is 28.4 Å². The second-order valence-corrected chi connectivity index (χ2v) is 6.22. The first-order valence-electron chi connectivity index (χ1n) is 8.63. The normalized spacial score (nSPS) is 13.4. The van der Waals surface area contributed by atoms with E-state index in [1.54, 1.807) is 12.3 Å². The lowest BCUT2D eigenvalue weighted by molar-refractivity contribution is -0.136. The van der Waals surface area contributed by atoms with Crippen molar-refractivity contribution in [3.05, 3.63) is 66.0 Å². The summed E-state index contributed by atoms with van der Waals surface area (Å²) in [5.74, 6) is -0.820. The van der Waals surface area contributed by atoms with E-state index in [-0.39, 0.29) is 5.97 Å². The van der Waals surface area contributed by atoms with Crippen LogP contribution in [0.1, 0.15) is 11.3 Å². The van der Waals surface area contributed by atoms with E-state index in [4.69, 9.17) is 9.47 Å². The Hall–Kier alpha value is -3.28. The van der Waals surface area contributed by atoms with Crippen LogP contribution >= 0.6 is 0 Å². The second kappa shape index (κ2) is 7.95. The lowest BCUT2D eigenvalue weighted by Gasteiger charge is -2.22. The van der Waals surface area contributed by atoms with Crippen molar-refractivity contribution in [1.29, 1.82) is 0 Å². The fourth-order valence-corrected chi connectivity index (χ4v) is 3.20. The van der Waals surface area contributed by atoms with Crippen LogP contribution in [0.15, 0.2) is 54.8 Å². The number of esters is 2. The van der Waals surface area contributed by atoms with Gasteiger partial charge < -0.3 is 19.4 Å². The number of fused-ring (bicyclic) bond motifs is 1. The highest BCUT2D eigenvalue weighted by atomic mass is 16.5. The molecule has 0 amide bonds. The fourth-order valence-electron chi connectivity index (χ4n) is 3.20. The number of nitrogens with zero attached hydrogens (tertiary/aromatic N) is 1. The van der Waals surface area contributed by atoms with E-state index >= 15 is 0 Å². The van der Waals surface area contributed by atoms with E-state index in [0.717, 1.165) is 16.5 Å².